The molecule has 0 atom stereocenters. The lowest BCUT2D eigenvalue weighted by Gasteiger charge is -2.17. The highest BCUT2D eigenvalue weighted by atomic mass is 16.5. The first kappa shape index (κ1) is 17.8. The Kier molecular flexibility index (Phi) is 7.11. The number of nitrogens with one attached hydrogen (secondary N) is 2. The number of rotatable bonds is 8. The Labute approximate surface area is 143 Å². The Balaban J connectivity index is 1.65. The molecule has 5 nitrogen and oxygen atoms in total. The van der Waals surface area contributed by atoms with Gasteiger partial charge in [0, 0.05) is 13.1 Å². The lowest BCUT2D eigenvalue weighted by molar-refractivity contribution is 0.250. The molecule has 5 heteroatoms. The Hall–Kier alpha value is -2.53. The number of nitrogens with zero attached hydrogens (tertiary/aromatic N) is 1. The van der Waals surface area contributed by atoms with Gasteiger partial charge in [0.1, 0.15) is 5.75 Å². The lowest BCUT2D eigenvalue weighted by Crippen LogP contribution is -2.31. The third kappa shape index (κ3) is 5.93. The maximum absolute atomic E-state index is 11.9. The van der Waals surface area contributed by atoms with E-state index in [0.29, 0.717) is 18.0 Å². The van der Waals surface area contributed by atoms with Crippen LogP contribution in [0.2, 0.25) is 0 Å². The van der Waals surface area contributed by atoms with Gasteiger partial charge in [0.15, 0.2) is 0 Å². The standard InChI is InChI=1S/C19H25N3O2/c1-22(15-16-9-4-3-5-10-16)14-8-13-20-19(23)21-17-11-6-7-12-18(17)24-2/h3-7,9-12H,8,13-15H2,1-2H3,(H2,20,21,23). The van der Waals surface area contributed by atoms with Gasteiger partial charge in [-0.1, -0.05) is 42.5 Å². The molecule has 128 valence electrons. The molecule has 0 saturated carbocycles. The fourth-order valence-electron chi connectivity index (χ4n) is 2.44. The summed E-state index contributed by atoms with van der Waals surface area (Å²) < 4.78 is 5.21. The molecule has 0 saturated heterocycles. The van der Waals surface area contributed by atoms with Crippen molar-refractivity contribution in [2.75, 3.05) is 32.6 Å². The monoisotopic (exact) mass is 327 g/mol. The zero-order valence-corrected chi connectivity index (χ0v) is 14.3. The van der Waals surface area contributed by atoms with Gasteiger partial charge in [0.2, 0.25) is 0 Å². The zero-order chi connectivity index (χ0) is 17.2. The maximum Gasteiger partial charge on any atom is 0.319 e. The second kappa shape index (κ2) is 9.57. The Morgan fingerprint density at radius 2 is 1.79 bits per heavy atom. The average molecular weight is 327 g/mol. The van der Waals surface area contributed by atoms with E-state index in [1.54, 1.807) is 7.11 Å². The quantitative estimate of drug-likeness (QED) is 0.731. The summed E-state index contributed by atoms with van der Waals surface area (Å²) in [6.07, 6.45) is 0.892. The third-order valence-corrected chi connectivity index (χ3v) is 3.65. The van der Waals surface area contributed by atoms with E-state index in [-0.39, 0.29) is 6.03 Å². The van der Waals surface area contributed by atoms with Crippen LogP contribution in [0.5, 0.6) is 5.75 Å². The molecule has 2 amide bonds. The predicted octanol–water partition coefficient (Wildman–Crippen LogP) is 3.34. The van der Waals surface area contributed by atoms with Crippen LogP contribution >= 0.6 is 0 Å². The second-order valence-electron chi connectivity index (χ2n) is 5.66. The summed E-state index contributed by atoms with van der Waals surface area (Å²) >= 11 is 0. The molecule has 0 aliphatic carbocycles. The number of hydrogen-bond donors (Lipinski definition) is 2. The van der Waals surface area contributed by atoms with E-state index in [1.807, 2.05) is 42.5 Å². The van der Waals surface area contributed by atoms with Crippen LogP contribution in [-0.4, -0.2) is 38.2 Å². The van der Waals surface area contributed by atoms with Crippen molar-refractivity contribution in [1.29, 1.82) is 0 Å². The van der Waals surface area contributed by atoms with Crippen LogP contribution in [0.3, 0.4) is 0 Å². The van der Waals surface area contributed by atoms with E-state index in [4.69, 9.17) is 4.74 Å². The molecule has 0 bridgehead atoms. The average Bonchev–Trinajstić information content (AvgIpc) is 2.60. The fraction of sp³-hybridized carbons (Fsp3) is 0.316. The number of amides is 2. The highest BCUT2D eigenvalue weighted by molar-refractivity contribution is 5.90. The summed E-state index contributed by atoms with van der Waals surface area (Å²) in [5.41, 5.74) is 1.96. The van der Waals surface area contributed by atoms with Gasteiger partial charge in [0.25, 0.3) is 0 Å². The van der Waals surface area contributed by atoms with Gasteiger partial charge >= 0.3 is 6.03 Å². The second-order valence-corrected chi connectivity index (χ2v) is 5.66. The Bertz CT molecular complexity index is 632. The zero-order valence-electron chi connectivity index (χ0n) is 14.3. The third-order valence-electron chi connectivity index (χ3n) is 3.65. The van der Waals surface area contributed by atoms with Crippen molar-refractivity contribution in [1.82, 2.24) is 10.2 Å². The van der Waals surface area contributed by atoms with Crippen LogP contribution in [0.1, 0.15) is 12.0 Å². The van der Waals surface area contributed by atoms with Gasteiger partial charge < -0.3 is 20.3 Å². The van der Waals surface area contributed by atoms with E-state index in [1.165, 1.54) is 5.56 Å². The number of carbonyl (C=O) groups excluding carboxylic acids is 1. The van der Waals surface area contributed by atoms with Crippen molar-refractivity contribution >= 4 is 11.7 Å². The number of benzene rings is 2. The first-order chi connectivity index (χ1) is 11.7. The summed E-state index contributed by atoms with van der Waals surface area (Å²) in [6.45, 7) is 2.46. The van der Waals surface area contributed by atoms with E-state index >= 15 is 0 Å². The summed E-state index contributed by atoms with van der Waals surface area (Å²) in [5, 5.41) is 5.67. The van der Waals surface area contributed by atoms with Crippen molar-refractivity contribution in [3.8, 4) is 5.75 Å². The smallest absolute Gasteiger partial charge is 0.319 e. The van der Waals surface area contributed by atoms with Crippen molar-refractivity contribution in [2.24, 2.45) is 0 Å². The molecule has 2 N–H and O–H groups in total. The summed E-state index contributed by atoms with van der Waals surface area (Å²) in [4.78, 5) is 14.2. The molecule has 0 aliphatic heterocycles. The highest BCUT2D eigenvalue weighted by Crippen LogP contribution is 2.22. The number of carbonyl (C=O) groups is 1. The van der Waals surface area contributed by atoms with Crippen molar-refractivity contribution in [3.05, 3.63) is 60.2 Å². The lowest BCUT2D eigenvalue weighted by atomic mass is 10.2. The van der Waals surface area contributed by atoms with E-state index in [0.717, 1.165) is 19.5 Å². The molecule has 0 fully saturated rings. The topological polar surface area (TPSA) is 53.6 Å². The maximum atomic E-state index is 11.9. The molecular formula is C19H25N3O2. The number of methoxy groups -OCH3 is 1. The summed E-state index contributed by atoms with van der Waals surface area (Å²) in [6, 6.07) is 17.5. The number of ether oxygens (including phenoxy) is 1. The molecular weight excluding hydrogens is 302 g/mol. The van der Waals surface area contributed by atoms with Crippen LogP contribution in [0, 0.1) is 0 Å². The van der Waals surface area contributed by atoms with Gasteiger partial charge in [-0.15, -0.1) is 0 Å². The minimum atomic E-state index is -0.217. The molecule has 0 heterocycles. The number of anilines is 1. The normalized spacial score (nSPS) is 10.5. The number of hydrogen-bond acceptors (Lipinski definition) is 3. The van der Waals surface area contributed by atoms with Crippen LogP contribution in [0.4, 0.5) is 10.5 Å². The molecule has 0 unspecified atom stereocenters. The highest BCUT2D eigenvalue weighted by Gasteiger charge is 2.06. The molecule has 0 aliphatic rings. The van der Waals surface area contributed by atoms with Crippen LogP contribution in [0.25, 0.3) is 0 Å². The van der Waals surface area contributed by atoms with Crippen LogP contribution in [-0.2, 0) is 6.54 Å². The van der Waals surface area contributed by atoms with Gasteiger partial charge in [-0.3, -0.25) is 0 Å². The summed E-state index contributed by atoms with van der Waals surface area (Å²) in [7, 11) is 3.67. The fourth-order valence-corrected chi connectivity index (χ4v) is 2.44. The Morgan fingerprint density at radius 1 is 1.08 bits per heavy atom. The van der Waals surface area contributed by atoms with Gasteiger partial charge in [0.05, 0.1) is 12.8 Å². The molecule has 2 aromatic rings. The van der Waals surface area contributed by atoms with Crippen molar-refractivity contribution in [3.63, 3.8) is 0 Å². The van der Waals surface area contributed by atoms with E-state index < -0.39 is 0 Å². The van der Waals surface area contributed by atoms with Crippen molar-refractivity contribution < 1.29 is 9.53 Å². The van der Waals surface area contributed by atoms with Crippen LogP contribution in [0.15, 0.2) is 54.6 Å². The van der Waals surface area contributed by atoms with Gasteiger partial charge in [-0.25, -0.2) is 4.79 Å². The largest absolute Gasteiger partial charge is 0.495 e. The summed E-state index contributed by atoms with van der Waals surface area (Å²) in [5.74, 6) is 0.648. The van der Waals surface area contributed by atoms with Gasteiger partial charge in [-0.2, -0.15) is 0 Å². The Morgan fingerprint density at radius 3 is 2.54 bits per heavy atom. The first-order valence-corrected chi connectivity index (χ1v) is 8.09. The first-order valence-electron chi connectivity index (χ1n) is 8.09. The molecule has 0 aromatic heterocycles. The molecule has 0 radical (unpaired) electrons. The van der Waals surface area contributed by atoms with Crippen molar-refractivity contribution in [2.45, 2.75) is 13.0 Å². The molecule has 2 rings (SSSR count). The van der Waals surface area contributed by atoms with E-state index in [9.17, 15) is 4.79 Å². The van der Waals surface area contributed by atoms with E-state index in [2.05, 4.69) is 34.7 Å². The number of urea groups is 1. The number of para-hydroxylation sites is 2. The predicted molar refractivity (Wildman–Crippen MR) is 97.4 cm³/mol. The van der Waals surface area contributed by atoms with Crippen LogP contribution < -0.4 is 15.4 Å². The minimum absolute atomic E-state index is 0.217. The van der Waals surface area contributed by atoms with Gasteiger partial charge in [-0.05, 0) is 37.7 Å². The molecule has 0 spiro atoms. The SMILES string of the molecule is COc1ccccc1NC(=O)NCCCN(C)Cc1ccccc1. The molecule has 24 heavy (non-hydrogen) atoms. The molecule has 2 aromatic carbocycles. The minimum Gasteiger partial charge on any atom is -0.495 e.